The maximum absolute atomic E-state index is 13.9. The zero-order valence-corrected chi connectivity index (χ0v) is 25.1. The maximum Gasteiger partial charge on any atom is 0.268 e. The highest BCUT2D eigenvalue weighted by Crippen LogP contribution is 2.24. The van der Waals surface area contributed by atoms with Gasteiger partial charge >= 0.3 is 0 Å². The molecule has 42 heavy (non-hydrogen) atoms. The Labute approximate surface area is 253 Å². The number of benzene rings is 2. The monoisotopic (exact) mass is 598 g/mol. The molecule has 5 aromatic rings. The van der Waals surface area contributed by atoms with E-state index < -0.39 is 0 Å². The number of halogens is 1. The molecule has 6 rings (SSSR count). The Morgan fingerprint density at radius 1 is 1.02 bits per heavy atom. The molecule has 3 aromatic heterocycles. The second kappa shape index (κ2) is 12.1. The molecule has 0 unspecified atom stereocenters. The van der Waals surface area contributed by atoms with Crippen LogP contribution in [-0.2, 0) is 11.2 Å². The summed E-state index contributed by atoms with van der Waals surface area (Å²) in [7, 11) is 0. The van der Waals surface area contributed by atoms with Gasteiger partial charge in [0.25, 0.3) is 5.56 Å². The smallest absolute Gasteiger partial charge is 0.268 e. The standard InChI is InChI=1S/C32H31ClN6O2S/c1-22-18-28(35-39(22)26-12-6-11-25(33)19-26)30-23(2)34-32-38(31(30)41)27(21-42-32)20-29(40)37-16-14-36(15-17-37)13-7-10-24-8-4-3-5-9-24/h3-12,18-19,21H,13-17,20H2,1-2H3. The Kier molecular flexibility index (Phi) is 8.06. The van der Waals surface area contributed by atoms with Gasteiger partial charge in [0.2, 0.25) is 5.91 Å². The molecule has 1 aliphatic rings. The van der Waals surface area contributed by atoms with Crippen LogP contribution in [0.4, 0.5) is 0 Å². The van der Waals surface area contributed by atoms with E-state index in [-0.39, 0.29) is 17.9 Å². The van der Waals surface area contributed by atoms with Crippen LogP contribution in [0.3, 0.4) is 0 Å². The Bertz CT molecular complexity index is 1830. The lowest BCUT2D eigenvalue weighted by molar-refractivity contribution is -0.132. The Balaban J connectivity index is 1.17. The quantitative estimate of drug-likeness (QED) is 0.255. The molecule has 1 amide bonds. The minimum atomic E-state index is -0.215. The summed E-state index contributed by atoms with van der Waals surface area (Å²) in [6.45, 7) is 7.56. The summed E-state index contributed by atoms with van der Waals surface area (Å²) >= 11 is 7.57. The first-order valence-corrected chi connectivity index (χ1v) is 15.2. The number of carbonyl (C=O) groups excluding carboxylic acids is 1. The fourth-order valence-corrected chi connectivity index (χ4v) is 6.45. The number of hydrogen-bond acceptors (Lipinski definition) is 6. The van der Waals surface area contributed by atoms with E-state index in [4.69, 9.17) is 21.7 Å². The van der Waals surface area contributed by atoms with Gasteiger partial charge in [-0.2, -0.15) is 5.10 Å². The molecular formula is C32H31ClN6O2S. The van der Waals surface area contributed by atoms with Gasteiger partial charge in [-0.15, -0.1) is 11.3 Å². The van der Waals surface area contributed by atoms with Crippen molar-refractivity contribution in [3.63, 3.8) is 0 Å². The molecule has 0 radical (unpaired) electrons. The molecule has 10 heteroatoms. The highest BCUT2D eigenvalue weighted by molar-refractivity contribution is 7.15. The molecule has 0 saturated carbocycles. The Hall–Kier alpha value is -4.05. The molecule has 0 atom stereocenters. The number of carbonyl (C=O) groups is 1. The molecule has 8 nitrogen and oxygen atoms in total. The average Bonchev–Trinajstić information content (AvgIpc) is 3.57. The van der Waals surface area contributed by atoms with Crippen LogP contribution in [-0.4, -0.2) is 67.6 Å². The maximum atomic E-state index is 13.9. The van der Waals surface area contributed by atoms with Crippen molar-refractivity contribution >= 4 is 39.9 Å². The van der Waals surface area contributed by atoms with Crippen LogP contribution in [0.25, 0.3) is 28.0 Å². The van der Waals surface area contributed by atoms with Crippen molar-refractivity contribution < 1.29 is 4.79 Å². The van der Waals surface area contributed by atoms with Gasteiger partial charge in [0.15, 0.2) is 4.96 Å². The molecule has 214 valence electrons. The topological polar surface area (TPSA) is 75.7 Å². The van der Waals surface area contributed by atoms with E-state index in [0.29, 0.717) is 45.7 Å². The van der Waals surface area contributed by atoms with Crippen LogP contribution in [0.15, 0.2) is 76.9 Å². The van der Waals surface area contributed by atoms with E-state index in [1.165, 1.54) is 16.9 Å². The number of thiazole rings is 1. The SMILES string of the molecule is Cc1nc2scc(CC(=O)N3CCN(CC=Cc4ccccc4)CC3)n2c(=O)c1-c1cc(C)n(-c2cccc(Cl)c2)n1. The van der Waals surface area contributed by atoms with Gasteiger partial charge in [-0.3, -0.25) is 18.9 Å². The Morgan fingerprint density at radius 3 is 2.57 bits per heavy atom. The number of aryl methyl sites for hydroxylation is 2. The number of nitrogens with zero attached hydrogens (tertiary/aromatic N) is 6. The first-order valence-electron chi connectivity index (χ1n) is 13.9. The van der Waals surface area contributed by atoms with Crippen LogP contribution in [0.5, 0.6) is 0 Å². The number of hydrogen-bond donors (Lipinski definition) is 0. The van der Waals surface area contributed by atoms with E-state index in [9.17, 15) is 9.59 Å². The second-order valence-corrected chi connectivity index (χ2v) is 11.7. The summed E-state index contributed by atoms with van der Waals surface area (Å²) in [5, 5.41) is 7.21. The van der Waals surface area contributed by atoms with Crippen LogP contribution >= 0.6 is 22.9 Å². The molecule has 4 heterocycles. The van der Waals surface area contributed by atoms with Crippen molar-refractivity contribution in [1.82, 2.24) is 29.0 Å². The molecule has 2 aromatic carbocycles. The third-order valence-electron chi connectivity index (χ3n) is 7.55. The predicted molar refractivity (Wildman–Crippen MR) is 169 cm³/mol. The zero-order valence-electron chi connectivity index (χ0n) is 23.5. The summed E-state index contributed by atoms with van der Waals surface area (Å²) in [6, 6.07) is 19.5. The first kappa shape index (κ1) is 28.1. The summed E-state index contributed by atoms with van der Waals surface area (Å²) in [5.41, 5.74) is 4.87. The van der Waals surface area contributed by atoms with E-state index in [2.05, 4.69) is 29.2 Å². The van der Waals surface area contributed by atoms with E-state index in [1.807, 2.05) is 72.7 Å². The normalized spacial score (nSPS) is 14.3. The molecule has 1 saturated heterocycles. The van der Waals surface area contributed by atoms with Crippen LogP contribution in [0.1, 0.15) is 22.6 Å². The largest absolute Gasteiger partial charge is 0.340 e. The highest BCUT2D eigenvalue weighted by Gasteiger charge is 2.24. The number of fused-ring (bicyclic) bond motifs is 1. The molecule has 1 fully saturated rings. The van der Waals surface area contributed by atoms with Crippen LogP contribution < -0.4 is 5.56 Å². The summed E-state index contributed by atoms with van der Waals surface area (Å²) in [6.07, 6.45) is 4.45. The molecule has 1 aliphatic heterocycles. The minimum Gasteiger partial charge on any atom is -0.340 e. The van der Waals surface area contributed by atoms with E-state index in [1.54, 1.807) is 9.08 Å². The molecule has 0 spiro atoms. The summed E-state index contributed by atoms with van der Waals surface area (Å²) < 4.78 is 3.34. The molecule has 0 bridgehead atoms. The van der Waals surface area contributed by atoms with Gasteiger partial charge in [-0.1, -0.05) is 60.2 Å². The van der Waals surface area contributed by atoms with Gasteiger partial charge < -0.3 is 4.90 Å². The van der Waals surface area contributed by atoms with E-state index in [0.717, 1.165) is 31.0 Å². The highest BCUT2D eigenvalue weighted by atomic mass is 35.5. The summed E-state index contributed by atoms with van der Waals surface area (Å²) in [5.74, 6) is 0.0179. The third kappa shape index (κ3) is 5.81. The van der Waals surface area contributed by atoms with Gasteiger partial charge in [0.1, 0.15) is 5.69 Å². The van der Waals surface area contributed by atoms with Crippen molar-refractivity contribution in [2.45, 2.75) is 20.3 Å². The second-order valence-electron chi connectivity index (χ2n) is 10.5. The number of aromatic nitrogens is 4. The fourth-order valence-electron chi connectivity index (χ4n) is 5.34. The first-order chi connectivity index (χ1) is 20.4. The van der Waals surface area contributed by atoms with Gasteiger partial charge in [-0.05, 0) is 43.7 Å². The number of piperazine rings is 1. The molecule has 0 N–H and O–H groups in total. The van der Waals surface area contributed by atoms with Crippen molar-refractivity contribution in [3.8, 4) is 16.9 Å². The summed E-state index contributed by atoms with van der Waals surface area (Å²) in [4.78, 5) is 36.7. The Morgan fingerprint density at radius 2 is 1.81 bits per heavy atom. The molecule has 0 aliphatic carbocycles. The van der Waals surface area contributed by atoms with Crippen molar-refractivity contribution in [3.05, 3.63) is 110 Å². The fraction of sp³-hybridized carbons (Fsp3) is 0.250. The van der Waals surface area contributed by atoms with Crippen molar-refractivity contribution in [2.24, 2.45) is 0 Å². The third-order valence-corrected chi connectivity index (χ3v) is 8.66. The number of rotatable bonds is 7. The number of amides is 1. The lowest BCUT2D eigenvalue weighted by Gasteiger charge is -2.34. The lowest BCUT2D eigenvalue weighted by atomic mass is 10.1. The van der Waals surface area contributed by atoms with Gasteiger partial charge in [0, 0.05) is 54.5 Å². The lowest BCUT2D eigenvalue weighted by Crippen LogP contribution is -2.49. The van der Waals surface area contributed by atoms with Crippen LogP contribution in [0, 0.1) is 13.8 Å². The van der Waals surface area contributed by atoms with Gasteiger partial charge in [0.05, 0.1) is 23.4 Å². The van der Waals surface area contributed by atoms with Gasteiger partial charge in [-0.25, -0.2) is 9.67 Å². The minimum absolute atomic E-state index is 0.0179. The van der Waals surface area contributed by atoms with Crippen molar-refractivity contribution in [1.29, 1.82) is 0 Å². The van der Waals surface area contributed by atoms with Crippen LogP contribution in [0.2, 0.25) is 5.02 Å². The molecular weight excluding hydrogens is 568 g/mol. The predicted octanol–water partition coefficient (Wildman–Crippen LogP) is 5.28. The van der Waals surface area contributed by atoms with Crippen molar-refractivity contribution in [2.75, 3.05) is 32.7 Å². The van der Waals surface area contributed by atoms with E-state index >= 15 is 0 Å². The zero-order chi connectivity index (χ0) is 29.2. The average molecular weight is 599 g/mol.